The maximum atomic E-state index is 12.7. The highest BCUT2D eigenvalue weighted by atomic mass is 16.5. The van der Waals surface area contributed by atoms with E-state index in [-0.39, 0.29) is 18.3 Å². The Morgan fingerprint density at radius 3 is 2.66 bits per heavy atom. The predicted molar refractivity (Wildman–Crippen MR) is 108 cm³/mol. The number of aryl methyl sites for hydroxylation is 2. The van der Waals surface area contributed by atoms with Crippen LogP contribution in [0.3, 0.4) is 0 Å². The number of nitrogens with one attached hydrogen (secondary N) is 1. The third-order valence-corrected chi connectivity index (χ3v) is 4.89. The molecule has 8 nitrogen and oxygen atoms in total. The number of hydrogen-bond donors (Lipinski definition) is 1. The van der Waals surface area contributed by atoms with Crippen molar-refractivity contribution in [3.05, 3.63) is 64.2 Å². The van der Waals surface area contributed by atoms with Gasteiger partial charge in [-0.25, -0.2) is 0 Å². The summed E-state index contributed by atoms with van der Waals surface area (Å²) >= 11 is 0. The Hall–Kier alpha value is -3.42. The Morgan fingerprint density at radius 1 is 1.24 bits per heavy atom. The molecule has 1 N–H and O–H groups in total. The predicted octanol–water partition coefficient (Wildman–Crippen LogP) is 2.81. The number of Topliss-reactive ketones (excluding diaryl/α,β-unsaturated/α-hetero) is 1. The van der Waals surface area contributed by atoms with E-state index >= 15 is 0 Å². The summed E-state index contributed by atoms with van der Waals surface area (Å²) < 4.78 is 7.52. The Labute approximate surface area is 169 Å². The number of H-pyrrole nitrogens is 1. The summed E-state index contributed by atoms with van der Waals surface area (Å²) in [6, 6.07) is 8.66. The number of rotatable bonds is 7. The van der Waals surface area contributed by atoms with Crippen molar-refractivity contribution in [1.82, 2.24) is 24.9 Å². The Bertz CT molecular complexity index is 1050. The van der Waals surface area contributed by atoms with E-state index in [4.69, 9.17) is 4.74 Å². The molecule has 3 aromatic rings. The van der Waals surface area contributed by atoms with E-state index in [2.05, 4.69) is 15.3 Å². The number of benzene rings is 1. The fourth-order valence-corrected chi connectivity index (χ4v) is 3.06. The third kappa shape index (κ3) is 4.53. The van der Waals surface area contributed by atoms with Crippen molar-refractivity contribution < 1.29 is 14.3 Å². The monoisotopic (exact) mass is 395 g/mol. The minimum Gasteiger partial charge on any atom is -0.487 e. The SMILES string of the molecule is CC(=O)c1cccc(OCc2cc(C(=O)N(C)Cc3c(C)nn(C)c3C)n[nH]2)c1. The first-order chi connectivity index (χ1) is 13.8. The Morgan fingerprint density at radius 2 is 2.00 bits per heavy atom. The number of aromatic amines is 1. The molecule has 152 valence electrons. The molecule has 3 rings (SSSR count). The van der Waals surface area contributed by atoms with Gasteiger partial charge in [-0.15, -0.1) is 0 Å². The fourth-order valence-electron chi connectivity index (χ4n) is 3.06. The average Bonchev–Trinajstić information content (AvgIpc) is 3.26. The molecule has 2 aromatic heterocycles. The number of nitrogens with zero attached hydrogens (tertiary/aromatic N) is 4. The van der Waals surface area contributed by atoms with Crippen LogP contribution in [0, 0.1) is 13.8 Å². The van der Waals surface area contributed by atoms with Crippen molar-refractivity contribution in [2.45, 2.75) is 33.9 Å². The van der Waals surface area contributed by atoms with Gasteiger partial charge >= 0.3 is 0 Å². The van der Waals surface area contributed by atoms with Crippen LogP contribution in [0.5, 0.6) is 5.75 Å². The van der Waals surface area contributed by atoms with Gasteiger partial charge in [-0.2, -0.15) is 10.2 Å². The molecule has 0 radical (unpaired) electrons. The molecule has 2 heterocycles. The second-order valence-corrected chi connectivity index (χ2v) is 7.09. The summed E-state index contributed by atoms with van der Waals surface area (Å²) in [6.07, 6.45) is 0. The molecule has 29 heavy (non-hydrogen) atoms. The molecule has 0 spiro atoms. The molecule has 0 aliphatic heterocycles. The van der Waals surface area contributed by atoms with Crippen molar-refractivity contribution in [2.75, 3.05) is 7.05 Å². The number of carbonyl (C=O) groups is 2. The van der Waals surface area contributed by atoms with Gasteiger partial charge in [0.2, 0.25) is 0 Å². The first-order valence-electron chi connectivity index (χ1n) is 9.29. The van der Waals surface area contributed by atoms with Gasteiger partial charge in [-0.05, 0) is 39.0 Å². The van der Waals surface area contributed by atoms with E-state index in [0.29, 0.717) is 29.2 Å². The zero-order valence-electron chi connectivity index (χ0n) is 17.3. The number of ketones is 1. The van der Waals surface area contributed by atoms with Crippen LogP contribution in [0.2, 0.25) is 0 Å². The summed E-state index contributed by atoms with van der Waals surface area (Å²) in [5, 5.41) is 11.3. The van der Waals surface area contributed by atoms with E-state index in [0.717, 1.165) is 17.0 Å². The van der Waals surface area contributed by atoms with Crippen LogP contribution < -0.4 is 4.74 Å². The molecular formula is C21H25N5O3. The third-order valence-electron chi connectivity index (χ3n) is 4.89. The molecule has 1 amide bonds. The molecule has 0 aliphatic carbocycles. The molecule has 0 unspecified atom stereocenters. The number of hydrogen-bond acceptors (Lipinski definition) is 5. The average molecular weight is 395 g/mol. The summed E-state index contributed by atoms with van der Waals surface area (Å²) in [5.74, 6) is 0.376. The maximum Gasteiger partial charge on any atom is 0.274 e. The summed E-state index contributed by atoms with van der Waals surface area (Å²) in [6.45, 7) is 6.11. The minimum atomic E-state index is -0.186. The Balaban J connectivity index is 1.63. The first-order valence-corrected chi connectivity index (χ1v) is 9.29. The van der Waals surface area contributed by atoms with Crippen LogP contribution >= 0.6 is 0 Å². The lowest BCUT2D eigenvalue weighted by Crippen LogP contribution is -2.27. The molecule has 8 heteroatoms. The van der Waals surface area contributed by atoms with Crippen molar-refractivity contribution in [1.29, 1.82) is 0 Å². The summed E-state index contributed by atoms with van der Waals surface area (Å²) in [5.41, 5.74) is 4.56. The van der Waals surface area contributed by atoms with Crippen LogP contribution in [0.25, 0.3) is 0 Å². The zero-order valence-corrected chi connectivity index (χ0v) is 17.3. The van der Waals surface area contributed by atoms with Gasteiger partial charge in [-0.1, -0.05) is 12.1 Å². The number of amides is 1. The molecular weight excluding hydrogens is 370 g/mol. The van der Waals surface area contributed by atoms with Crippen molar-refractivity contribution in [2.24, 2.45) is 7.05 Å². The molecule has 0 atom stereocenters. The number of carbonyl (C=O) groups excluding carboxylic acids is 2. The lowest BCUT2D eigenvalue weighted by Gasteiger charge is -2.16. The van der Waals surface area contributed by atoms with Gasteiger partial charge in [0, 0.05) is 37.5 Å². The number of aromatic nitrogens is 4. The molecule has 1 aromatic carbocycles. The van der Waals surface area contributed by atoms with Gasteiger partial charge in [0.25, 0.3) is 5.91 Å². The van der Waals surface area contributed by atoms with Crippen LogP contribution in [0.4, 0.5) is 0 Å². The van der Waals surface area contributed by atoms with Gasteiger partial charge in [0.15, 0.2) is 11.5 Å². The van der Waals surface area contributed by atoms with E-state index < -0.39 is 0 Å². The highest BCUT2D eigenvalue weighted by Gasteiger charge is 2.19. The van der Waals surface area contributed by atoms with Gasteiger partial charge in [0.1, 0.15) is 12.4 Å². The topological polar surface area (TPSA) is 93.1 Å². The van der Waals surface area contributed by atoms with Crippen molar-refractivity contribution in [3.63, 3.8) is 0 Å². The standard InChI is InChI=1S/C21H25N5O3/c1-13-19(14(2)26(5)24-13)11-25(4)21(28)20-10-17(22-23-20)12-29-18-8-6-7-16(9-18)15(3)27/h6-10H,11-12H2,1-5H3,(H,22,23). The van der Waals surface area contributed by atoms with E-state index in [1.54, 1.807) is 42.3 Å². The summed E-state index contributed by atoms with van der Waals surface area (Å²) in [7, 11) is 3.63. The minimum absolute atomic E-state index is 0.0213. The summed E-state index contributed by atoms with van der Waals surface area (Å²) in [4.78, 5) is 25.8. The smallest absolute Gasteiger partial charge is 0.274 e. The largest absolute Gasteiger partial charge is 0.487 e. The quantitative estimate of drug-likeness (QED) is 0.621. The molecule has 0 aliphatic rings. The molecule has 0 saturated heterocycles. The second-order valence-electron chi connectivity index (χ2n) is 7.09. The fraction of sp³-hybridized carbons (Fsp3) is 0.333. The highest BCUT2D eigenvalue weighted by Crippen LogP contribution is 2.17. The van der Waals surface area contributed by atoms with E-state index in [1.165, 1.54) is 6.92 Å². The van der Waals surface area contributed by atoms with Crippen molar-refractivity contribution in [3.8, 4) is 5.75 Å². The lowest BCUT2D eigenvalue weighted by atomic mass is 10.1. The first kappa shape index (κ1) is 20.3. The second kappa shape index (κ2) is 8.30. The van der Waals surface area contributed by atoms with E-state index in [1.807, 2.05) is 25.6 Å². The maximum absolute atomic E-state index is 12.7. The van der Waals surface area contributed by atoms with Gasteiger partial charge in [0.05, 0.1) is 11.4 Å². The van der Waals surface area contributed by atoms with Gasteiger partial charge < -0.3 is 9.64 Å². The molecule has 0 saturated carbocycles. The molecule has 0 bridgehead atoms. The normalized spacial score (nSPS) is 10.8. The highest BCUT2D eigenvalue weighted by molar-refractivity contribution is 5.94. The van der Waals surface area contributed by atoms with E-state index in [9.17, 15) is 9.59 Å². The van der Waals surface area contributed by atoms with Crippen molar-refractivity contribution >= 4 is 11.7 Å². The molecule has 0 fully saturated rings. The lowest BCUT2D eigenvalue weighted by molar-refractivity contribution is 0.0778. The Kier molecular flexibility index (Phi) is 5.81. The van der Waals surface area contributed by atoms with Crippen LogP contribution in [-0.4, -0.2) is 43.6 Å². The van der Waals surface area contributed by atoms with Crippen LogP contribution in [0.1, 0.15) is 50.4 Å². The van der Waals surface area contributed by atoms with Gasteiger partial charge in [-0.3, -0.25) is 19.4 Å². The number of ether oxygens (including phenoxy) is 1. The zero-order chi connectivity index (χ0) is 21.1. The van der Waals surface area contributed by atoms with Crippen LogP contribution in [-0.2, 0) is 20.2 Å². The van der Waals surface area contributed by atoms with Crippen LogP contribution in [0.15, 0.2) is 30.3 Å².